The largest absolute Gasteiger partial charge is 0.477 e. The van der Waals surface area contributed by atoms with Gasteiger partial charge in [0.1, 0.15) is 5.70 Å². The molecule has 3 fully saturated rings. The number of aliphatic hydroxyl groups excluding tert-OH is 1. The molecular formula is C21H34N4O5S. The van der Waals surface area contributed by atoms with Gasteiger partial charge in [0, 0.05) is 48.7 Å². The van der Waals surface area contributed by atoms with Gasteiger partial charge in [-0.15, -0.1) is 11.8 Å². The van der Waals surface area contributed by atoms with Gasteiger partial charge in [0.25, 0.3) is 0 Å². The number of thioether (sulfide) groups is 1. The Labute approximate surface area is 187 Å². The molecule has 10 heteroatoms. The summed E-state index contributed by atoms with van der Waals surface area (Å²) in [5, 5.41) is 27.1. The number of rotatable bonds is 6. The van der Waals surface area contributed by atoms with Crippen molar-refractivity contribution in [3.63, 3.8) is 0 Å². The molecule has 0 bridgehead atoms. The normalized spacial score (nSPS) is 34.2. The molecule has 31 heavy (non-hydrogen) atoms. The second kappa shape index (κ2) is 10.3. The van der Waals surface area contributed by atoms with Crippen molar-refractivity contribution in [1.82, 2.24) is 20.9 Å². The van der Waals surface area contributed by atoms with E-state index in [4.69, 9.17) is 5.11 Å². The molecule has 5 N–H and O–H groups in total. The third-order valence-electron chi connectivity index (χ3n) is 6.53. The number of nitrogens with zero attached hydrogens (tertiary/aromatic N) is 1. The highest BCUT2D eigenvalue weighted by atomic mass is 32.2. The number of amides is 2. The molecule has 2 amide bonds. The van der Waals surface area contributed by atoms with Crippen molar-refractivity contribution in [3.8, 4) is 0 Å². The summed E-state index contributed by atoms with van der Waals surface area (Å²) in [4.78, 5) is 37.7. The molecule has 6 atom stereocenters. The first kappa shape index (κ1) is 24.0. The number of nitrogens with one attached hydrogen (secondary N) is 3. The van der Waals surface area contributed by atoms with E-state index in [-0.39, 0.29) is 42.1 Å². The standard InChI is InChI=1S/C19H28N4O4S.C2H6O/c1-9-14-6-15(24)23(14)16(19(26)27)17(9)28-12-5-11(21-8-12)3-10-4-13(22-7-10)18(25)20-2;1-2-3/h9-14,21-22H,3-8H2,1-2H3,(H,20,25)(H,26,27);3H,2H2,1H3. The fraction of sp³-hybridized carbons (Fsp3) is 0.762. The number of aliphatic hydroxyl groups is 1. The van der Waals surface area contributed by atoms with E-state index in [1.807, 2.05) is 6.92 Å². The van der Waals surface area contributed by atoms with Crippen molar-refractivity contribution in [3.05, 3.63) is 10.6 Å². The second-order valence-corrected chi connectivity index (χ2v) is 9.99. The van der Waals surface area contributed by atoms with Gasteiger partial charge in [0.05, 0.1) is 12.1 Å². The smallest absolute Gasteiger partial charge is 0.353 e. The Morgan fingerprint density at radius 1 is 1.26 bits per heavy atom. The van der Waals surface area contributed by atoms with Crippen LogP contribution in [0.25, 0.3) is 0 Å². The molecule has 3 saturated heterocycles. The maximum Gasteiger partial charge on any atom is 0.353 e. The Kier molecular flexibility index (Phi) is 8.01. The predicted octanol–water partition coefficient (Wildman–Crippen LogP) is 0.110. The molecule has 0 aromatic carbocycles. The van der Waals surface area contributed by atoms with E-state index in [9.17, 15) is 19.5 Å². The average molecular weight is 455 g/mol. The number of likely N-dealkylation sites (N-methyl/N-ethyl adjacent to an activating group) is 1. The highest BCUT2D eigenvalue weighted by molar-refractivity contribution is 8.03. The quantitative estimate of drug-likeness (QED) is 0.358. The van der Waals surface area contributed by atoms with Gasteiger partial charge in [0.2, 0.25) is 11.8 Å². The molecule has 4 aliphatic rings. The van der Waals surface area contributed by atoms with Crippen LogP contribution in [0.5, 0.6) is 0 Å². The first-order valence-electron chi connectivity index (χ1n) is 11.1. The molecule has 0 aromatic heterocycles. The van der Waals surface area contributed by atoms with Gasteiger partial charge in [0.15, 0.2) is 0 Å². The molecule has 6 unspecified atom stereocenters. The van der Waals surface area contributed by atoms with Crippen LogP contribution in [0, 0.1) is 11.8 Å². The maximum atomic E-state index is 11.9. The van der Waals surface area contributed by atoms with Crippen LogP contribution < -0.4 is 16.0 Å². The number of β-lactam (4-membered cyclic amide) rings is 1. The molecule has 9 nitrogen and oxygen atoms in total. The molecule has 0 saturated carbocycles. The van der Waals surface area contributed by atoms with Crippen LogP contribution in [0.15, 0.2) is 10.6 Å². The van der Waals surface area contributed by atoms with Crippen molar-refractivity contribution in [2.75, 3.05) is 26.7 Å². The van der Waals surface area contributed by atoms with E-state index in [0.29, 0.717) is 23.6 Å². The summed E-state index contributed by atoms with van der Waals surface area (Å²) in [5.41, 5.74) is 0.204. The molecular weight excluding hydrogens is 420 g/mol. The number of fused-ring (bicyclic) bond motifs is 1. The van der Waals surface area contributed by atoms with Gasteiger partial charge in [-0.25, -0.2) is 4.79 Å². The number of carboxylic acid groups (broad SMARTS) is 1. The molecule has 4 aliphatic heterocycles. The van der Waals surface area contributed by atoms with Crippen LogP contribution >= 0.6 is 11.8 Å². The zero-order valence-corrected chi connectivity index (χ0v) is 19.2. The first-order chi connectivity index (χ1) is 14.8. The SMILES string of the molecule is CCO.CNC(=O)C1CC(CC2CC(SC3=C(C(=O)O)N4C(=O)CC4C3C)CN2)CN1. The fourth-order valence-corrected chi connectivity index (χ4v) is 6.54. The zero-order valence-electron chi connectivity index (χ0n) is 18.4. The third-order valence-corrected chi connectivity index (χ3v) is 8.04. The average Bonchev–Trinajstić information content (AvgIpc) is 3.42. The van der Waals surface area contributed by atoms with Crippen LogP contribution in [-0.4, -0.2) is 83.0 Å². The van der Waals surface area contributed by atoms with Gasteiger partial charge in [-0.3, -0.25) is 9.59 Å². The highest BCUT2D eigenvalue weighted by Crippen LogP contribution is 2.48. The molecule has 174 valence electrons. The van der Waals surface area contributed by atoms with Crippen molar-refractivity contribution in [1.29, 1.82) is 0 Å². The molecule has 0 aromatic rings. The molecule has 4 rings (SSSR count). The van der Waals surface area contributed by atoms with Crippen LogP contribution in [-0.2, 0) is 14.4 Å². The number of hydrogen-bond acceptors (Lipinski definition) is 7. The minimum absolute atomic E-state index is 0.0254. The third kappa shape index (κ3) is 5.08. The van der Waals surface area contributed by atoms with Crippen molar-refractivity contribution in [2.45, 2.75) is 62.9 Å². The van der Waals surface area contributed by atoms with Crippen LogP contribution in [0.3, 0.4) is 0 Å². The number of carbonyl (C=O) groups is 3. The zero-order chi connectivity index (χ0) is 22.7. The van der Waals surface area contributed by atoms with Crippen molar-refractivity contribution < 1.29 is 24.6 Å². The van der Waals surface area contributed by atoms with Gasteiger partial charge in [-0.2, -0.15) is 0 Å². The molecule has 0 aliphatic carbocycles. The van der Waals surface area contributed by atoms with E-state index in [2.05, 4.69) is 16.0 Å². The first-order valence-corrected chi connectivity index (χ1v) is 11.9. The summed E-state index contributed by atoms with van der Waals surface area (Å²) >= 11 is 1.64. The maximum absolute atomic E-state index is 11.9. The van der Waals surface area contributed by atoms with E-state index >= 15 is 0 Å². The van der Waals surface area contributed by atoms with Gasteiger partial charge < -0.3 is 31.1 Å². The molecule has 0 radical (unpaired) electrons. The minimum Gasteiger partial charge on any atom is -0.477 e. The lowest BCUT2D eigenvalue weighted by atomic mass is 9.94. The summed E-state index contributed by atoms with van der Waals surface area (Å²) in [7, 11) is 1.66. The Morgan fingerprint density at radius 3 is 2.58 bits per heavy atom. The Bertz CT molecular complexity index is 745. The minimum atomic E-state index is -0.996. The van der Waals surface area contributed by atoms with E-state index in [1.54, 1.807) is 25.7 Å². The van der Waals surface area contributed by atoms with E-state index < -0.39 is 5.97 Å². The summed E-state index contributed by atoms with van der Waals surface area (Å²) in [6, 6.07) is 0.320. The lowest BCUT2D eigenvalue weighted by molar-refractivity contribution is -0.148. The van der Waals surface area contributed by atoms with Crippen molar-refractivity contribution >= 4 is 29.5 Å². The Hall–Kier alpha value is -1.62. The van der Waals surface area contributed by atoms with Gasteiger partial charge in [-0.05, 0) is 38.6 Å². The van der Waals surface area contributed by atoms with Crippen LogP contribution in [0.1, 0.15) is 39.5 Å². The lowest BCUT2D eigenvalue weighted by Crippen LogP contribution is -2.51. The number of hydrogen-bond donors (Lipinski definition) is 5. The highest BCUT2D eigenvalue weighted by Gasteiger charge is 2.52. The summed E-state index contributed by atoms with van der Waals surface area (Å²) in [6.07, 6.45) is 3.31. The van der Waals surface area contributed by atoms with Crippen molar-refractivity contribution in [2.24, 2.45) is 11.8 Å². The van der Waals surface area contributed by atoms with Crippen LogP contribution in [0.4, 0.5) is 0 Å². The lowest BCUT2D eigenvalue weighted by Gasteiger charge is -2.37. The van der Waals surface area contributed by atoms with E-state index in [0.717, 1.165) is 37.3 Å². The van der Waals surface area contributed by atoms with E-state index in [1.165, 1.54) is 4.90 Å². The Balaban J connectivity index is 0.000000858. The van der Waals surface area contributed by atoms with Gasteiger partial charge >= 0.3 is 5.97 Å². The molecule has 0 spiro atoms. The topological polar surface area (TPSA) is 131 Å². The monoisotopic (exact) mass is 454 g/mol. The number of carbonyl (C=O) groups excluding carboxylic acids is 2. The summed E-state index contributed by atoms with van der Waals surface area (Å²) < 4.78 is 0. The molecule has 4 heterocycles. The second-order valence-electron chi connectivity index (χ2n) is 8.65. The summed E-state index contributed by atoms with van der Waals surface area (Å²) in [5.74, 6) is -0.447. The predicted molar refractivity (Wildman–Crippen MR) is 118 cm³/mol. The summed E-state index contributed by atoms with van der Waals surface area (Å²) in [6.45, 7) is 5.67. The fourth-order valence-electron chi connectivity index (χ4n) is 5.01. The van der Waals surface area contributed by atoms with Crippen LogP contribution in [0.2, 0.25) is 0 Å². The van der Waals surface area contributed by atoms with Gasteiger partial charge in [-0.1, -0.05) is 6.92 Å². The number of carboxylic acids is 1. The Morgan fingerprint density at radius 2 is 1.97 bits per heavy atom. The number of aliphatic carboxylic acids is 1.